The molecule has 4 aromatic rings. The molecule has 10 heteroatoms. The fourth-order valence-corrected chi connectivity index (χ4v) is 5.73. The lowest BCUT2D eigenvalue weighted by Crippen LogP contribution is -2.34. The zero-order valence-corrected chi connectivity index (χ0v) is 17.8. The Morgan fingerprint density at radius 3 is 2.70 bits per heavy atom. The fourth-order valence-electron chi connectivity index (χ4n) is 2.98. The van der Waals surface area contributed by atoms with Crippen molar-refractivity contribution >= 4 is 21.4 Å². The molecule has 4 rings (SSSR count). The number of sulfonamides is 1. The largest absolute Gasteiger partial charge is 0.469 e. The molecule has 0 aliphatic rings. The molecule has 0 radical (unpaired) electrons. The van der Waals surface area contributed by atoms with Gasteiger partial charge in [-0.25, -0.2) is 17.5 Å². The third-order valence-electron chi connectivity index (χ3n) is 4.34. The summed E-state index contributed by atoms with van der Waals surface area (Å²) in [6, 6.07) is 10.4. The molecule has 7 nitrogen and oxygen atoms in total. The summed E-state index contributed by atoms with van der Waals surface area (Å²) in [5.41, 5.74) is 0.598. The van der Waals surface area contributed by atoms with Crippen LogP contribution in [0.1, 0.15) is 17.6 Å². The second-order valence-corrected chi connectivity index (χ2v) is 9.71. The third-order valence-corrected chi connectivity index (χ3v) is 7.23. The van der Waals surface area contributed by atoms with Crippen molar-refractivity contribution in [3.05, 3.63) is 65.2 Å². The molecule has 1 aromatic carbocycles. The average molecular weight is 448 g/mol. The Balaban J connectivity index is 1.55. The van der Waals surface area contributed by atoms with Crippen LogP contribution in [-0.4, -0.2) is 24.6 Å². The number of rotatable bonds is 7. The first-order chi connectivity index (χ1) is 14.3. The second kappa shape index (κ2) is 8.13. The molecule has 3 aromatic heterocycles. The van der Waals surface area contributed by atoms with E-state index in [2.05, 4.69) is 14.9 Å². The molecule has 0 fully saturated rings. The van der Waals surface area contributed by atoms with Gasteiger partial charge in [0.05, 0.1) is 16.0 Å². The third kappa shape index (κ3) is 4.35. The topological polar surface area (TPSA) is 98.2 Å². The van der Waals surface area contributed by atoms with Crippen molar-refractivity contribution in [1.29, 1.82) is 0 Å². The molecule has 0 spiro atoms. The Labute approximate surface area is 176 Å². The molecule has 0 saturated carbocycles. The quantitative estimate of drug-likeness (QED) is 0.450. The number of nitrogens with one attached hydrogen (secondary N) is 1. The van der Waals surface area contributed by atoms with Crippen LogP contribution in [0, 0.1) is 12.7 Å². The van der Waals surface area contributed by atoms with Crippen molar-refractivity contribution in [3.63, 3.8) is 0 Å². The maximum absolute atomic E-state index is 13.1. The summed E-state index contributed by atoms with van der Waals surface area (Å²) in [5, 5.41) is 3.91. The van der Waals surface area contributed by atoms with Crippen LogP contribution in [0.4, 0.5) is 4.39 Å². The predicted molar refractivity (Wildman–Crippen MR) is 110 cm³/mol. The first-order valence-electron chi connectivity index (χ1n) is 9.07. The monoisotopic (exact) mass is 447 g/mol. The number of halogens is 1. The van der Waals surface area contributed by atoms with E-state index in [1.807, 2.05) is 0 Å². The van der Waals surface area contributed by atoms with Crippen LogP contribution >= 0.6 is 11.3 Å². The van der Waals surface area contributed by atoms with Crippen LogP contribution in [0.15, 0.2) is 62.6 Å². The van der Waals surface area contributed by atoms with Gasteiger partial charge in [0.15, 0.2) is 0 Å². The molecule has 0 saturated heterocycles. The number of thiophene rings is 1. The molecule has 0 amide bonds. The fraction of sp³-hybridized carbons (Fsp3) is 0.200. The minimum absolute atomic E-state index is 0.162. The highest BCUT2D eigenvalue weighted by Gasteiger charge is 2.24. The van der Waals surface area contributed by atoms with Crippen molar-refractivity contribution < 1.29 is 21.7 Å². The minimum atomic E-state index is -3.74. The summed E-state index contributed by atoms with van der Waals surface area (Å²) >= 11 is 1.24. The van der Waals surface area contributed by atoms with E-state index in [4.69, 9.17) is 8.94 Å². The second-order valence-electron chi connectivity index (χ2n) is 6.77. The van der Waals surface area contributed by atoms with E-state index < -0.39 is 10.0 Å². The van der Waals surface area contributed by atoms with Gasteiger partial charge >= 0.3 is 0 Å². The lowest BCUT2D eigenvalue weighted by atomic mass is 10.2. The molecular formula is C20H18FN3O4S2. The van der Waals surface area contributed by atoms with Crippen molar-refractivity contribution in [2.24, 2.45) is 0 Å². The van der Waals surface area contributed by atoms with Crippen LogP contribution in [0.2, 0.25) is 0 Å². The number of furan rings is 1. The zero-order chi connectivity index (χ0) is 21.3. The number of aryl methyl sites for hydroxylation is 1. The van der Waals surface area contributed by atoms with Gasteiger partial charge in [0, 0.05) is 22.9 Å². The summed E-state index contributed by atoms with van der Waals surface area (Å²) in [6.45, 7) is 3.49. The highest BCUT2D eigenvalue weighted by molar-refractivity contribution is 7.89. The minimum Gasteiger partial charge on any atom is -0.469 e. The smallest absolute Gasteiger partial charge is 0.268 e. The Morgan fingerprint density at radius 2 is 2.00 bits per heavy atom. The van der Waals surface area contributed by atoms with Crippen molar-refractivity contribution in [2.45, 2.75) is 31.2 Å². The van der Waals surface area contributed by atoms with E-state index in [1.165, 1.54) is 29.5 Å². The van der Waals surface area contributed by atoms with E-state index in [-0.39, 0.29) is 22.6 Å². The average Bonchev–Trinajstić information content (AvgIpc) is 3.42. The molecule has 0 aliphatic carbocycles. The van der Waals surface area contributed by atoms with Gasteiger partial charge in [-0.05, 0) is 56.3 Å². The van der Waals surface area contributed by atoms with Crippen LogP contribution in [0.5, 0.6) is 0 Å². The number of nitrogens with zero attached hydrogens (tertiary/aromatic N) is 2. The van der Waals surface area contributed by atoms with Crippen LogP contribution in [0.25, 0.3) is 22.2 Å². The Morgan fingerprint density at radius 1 is 1.23 bits per heavy atom. The van der Waals surface area contributed by atoms with E-state index >= 15 is 0 Å². The van der Waals surface area contributed by atoms with Gasteiger partial charge in [-0.15, -0.1) is 11.3 Å². The summed E-state index contributed by atoms with van der Waals surface area (Å²) in [7, 11) is -3.74. The normalized spacial score (nSPS) is 12.9. The number of benzene rings is 1. The highest BCUT2D eigenvalue weighted by Crippen LogP contribution is 2.33. The van der Waals surface area contributed by atoms with E-state index in [1.54, 1.807) is 44.4 Å². The zero-order valence-electron chi connectivity index (χ0n) is 16.1. The molecule has 156 valence electrons. The number of hydrogen-bond donors (Lipinski definition) is 1. The van der Waals surface area contributed by atoms with Crippen LogP contribution < -0.4 is 4.72 Å². The molecule has 1 N–H and O–H groups in total. The first kappa shape index (κ1) is 20.5. The van der Waals surface area contributed by atoms with E-state index in [0.717, 1.165) is 0 Å². The molecular weight excluding hydrogens is 429 g/mol. The summed E-state index contributed by atoms with van der Waals surface area (Å²) in [4.78, 5) is 5.61. The Bertz CT molecular complexity index is 1250. The Hall–Kier alpha value is -2.82. The van der Waals surface area contributed by atoms with Gasteiger partial charge in [0.25, 0.3) is 5.89 Å². The van der Waals surface area contributed by atoms with Crippen molar-refractivity contribution in [1.82, 2.24) is 14.9 Å². The summed E-state index contributed by atoms with van der Waals surface area (Å²) < 4.78 is 52.1. The highest BCUT2D eigenvalue weighted by atomic mass is 32.2. The predicted octanol–water partition coefficient (Wildman–Crippen LogP) is 4.42. The van der Waals surface area contributed by atoms with Gasteiger partial charge in [0.1, 0.15) is 11.6 Å². The lowest BCUT2D eigenvalue weighted by molar-refractivity contribution is 0.433. The maximum Gasteiger partial charge on any atom is 0.268 e. The molecule has 3 heterocycles. The molecule has 0 aliphatic heterocycles. The van der Waals surface area contributed by atoms with Crippen LogP contribution in [-0.2, 0) is 16.4 Å². The molecule has 30 heavy (non-hydrogen) atoms. The SMILES string of the molecule is Cc1sc(-c2nc(-c3ccc(F)cc3)no2)cc1S(=O)(=O)N[C@H](C)Cc1ccco1. The van der Waals surface area contributed by atoms with Crippen LogP contribution in [0.3, 0.4) is 0 Å². The van der Waals surface area contributed by atoms with Gasteiger partial charge in [-0.1, -0.05) is 5.16 Å². The standard InChI is InChI=1S/C20H18FN3O4S2/c1-12(10-16-4-3-9-27-16)24-30(25,26)18-11-17(29-13(18)2)20-22-19(23-28-20)14-5-7-15(21)8-6-14/h3-9,11-12,24H,10H2,1-2H3/t12-/m1/s1. The summed E-state index contributed by atoms with van der Waals surface area (Å²) in [6.07, 6.45) is 1.99. The lowest BCUT2D eigenvalue weighted by Gasteiger charge is -2.12. The van der Waals surface area contributed by atoms with Crippen molar-refractivity contribution in [3.8, 4) is 22.2 Å². The van der Waals surface area contributed by atoms with Gasteiger partial charge in [-0.3, -0.25) is 0 Å². The maximum atomic E-state index is 13.1. The molecule has 0 bridgehead atoms. The Kier molecular flexibility index (Phi) is 5.54. The molecule has 0 unspecified atom stereocenters. The number of aromatic nitrogens is 2. The van der Waals surface area contributed by atoms with E-state index in [9.17, 15) is 12.8 Å². The molecule has 1 atom stereocenters. The van der Waals surface area contributed by atoms with Gasteiger partial charge in [-0.2, -0.15) is 4.98 Å². The number of hydrogen-bond acceptors (Lipinski definition) is 7. The summed E-state index contributed by atoms with van der Waals surface area (Å²) in [5.74, 6) is 0.838. The van der Waals surface area contributed by atoms with Crippen molar-refractivity contribution in [2.75, 3.05) is 0 Å². The van der Waals surface area contributed by atoms with E-state index in [0.29, 0.717) is 33.3 Å². The van der Waals surface area contributed by atoms with Gasteiger partial charge < -0.3 is 8.94 Å². The van der Waals surface area contributed by atoms with Gasteiger partial charge in [0.2, 0.25) is 15.8 Å². The first-order valence-corrected chi connectivity index (χ1v) is 11.4.